The lowest BCUT2D eigenvalue weighted by atomic mass is 10.2. The van der Waals surface area contributed by atoms with Crippen molar-refractivity contribution < 1.29 is 0 Å². The lowest BCUT2D eigenvalue weighted by Crippen LogP contribution is -1.81. The van der Waals surface area contributed by atoms with E-state index in [1.165, 1.54) is 10.4 Å². The highest BCUT2D eigenvalue weighted by atomic mass is 127. The van der Waals surface area contributed by atoms with Gasteiger partial charge in [-0.3, -0.25) is 0 Å². The molecule has 0 amide bonds. The maximum absolute atomic E-state index is 5.78. The Morgan fingerprint density at radius 3 is 2.94 bits per heavy atom. The van der Waals surface area contributed by atoms with Crippen molar-refractivity contribution in [3.05, 3.63) is 34.7 Å². The highest BCUT2D eigenvalue weighted by Crippen LogP contribution is 2.38. The summed E-state index contributed by atoms with van der Waals surface area (Å²) in [7, 11) is 0. The number of fused-ring (bicyclic) bond motifs is 1. The number of alkyl halides is 2. The first-order valence-corrected chi connectivity index (χ1v) is 8.76. The summed E-state index contributed by atoms with van der Waals surface area (Å²) in [6.45, 7) is 0. The van der Waals surface area contributed by atoms with Crippen LogP contribution in [0.4, 0.5) is 0 Å². The first-order valence-electron chi connectivity index (χ1n) is 5.01. The Balaban J connectivity index is 2.13. The molecule has 92 valence electrons. The molecule has 3 rings (SSSR count). The fourth-order valence-corrected chi connectivity index (χ4v) is 4.00. The van der Waals surface area contributed by atoms with E-state index in [1.54, 1.807) is 17.5 Å². The van der Waals surface area contributed by atoms with Gasteiger partial charge in [0.05, 0.1) is 1.93 Å². The van der Waals surface area contributed by atoms with E-state index >= 15 is 0 Å². The van der Waals surface area contributed by atoms with Crippen LogP contribution < -0.4 is 0 Å². The van der Waals surface area contributed by atoms with E-state index in [-0.39, 0.29) is 5.28 Å². The molecule has 0 fully saturated rings. The molecule has 0 aliphatic carbocycles. The fourth-order valence-electron chi connectivity index (χ4n) is 1.70. The number of nitrogens with zero attached hydrogens (tertiary/aromatic N) is 2. The summed E-state index contributed by atoms with van der Waals surface area (Å²) in [5.41, 5.74) is 3.24. The van der Waals surface area contributed by atoms with Crippen LogP contribution in [-0.4, -0.2) is 15.0 Å². The van der Waals surface area contributed by atoms with E-state index in [2.05, 4.69) is 71.6 Å². The Kier molecular flexibility index (Phi) is 3.79. The molecule has 7 heteroatoms. The predicted octanol–water partition coefficient (Wildman–Crippen LogP) is 5.21. The van der Waals surface area contributed by atoms with Crippen LogP contribution in [-0.2, 0) is 0 Å². The molecule has 0 spiro atoms. The van der Waals surface area contributed by atoms with Crippen molar-refractivity contribution in [3.63, 3.8) is 0 Å². The molecule has 3 nitrogen and oxygen atoms in total. The molecule has 0 aliphatic rings. The number of thiophene rings is 1. The minimum Gasteiger partial charge on any atom is -0.345 e. The standard InChI is InChI=1S/C11H6ClI2N3S/c12-11-16-3-7-6(2-15-10(7)17-11)8-1-5(4-18-8)9(13)14/h1-4,9H,(H,15,16,17). The maximum atomic E-state index is 5.78. The lowest BCUT2D eigenvalue weighted by molar-refractivity contribution is 1.20. The molecule has 1 N–H and O–H groups in total. The van der Waals surface area contributed by atoms with E-state index < -0.39 is 0 Å². The average Bonchev–Trinajstić information content (AvgIpc) is 2.92. The van der Waals surface area contributed by atoms with E-state index in [4.69, 9.17) is 11.6 Å². The Morgan fingerprint density at radius 1 is 1.39 bits per heavy atom. The lowest BCUT2D eigenvalue weighted by Gasteiger charge is -1.95. The van der Waals surface area contributed by atoms with Gasteiger partial charge in [-0.05, 0) is 28.6 Å². The van der Waals surface area contributed by atoms with Gasteiger partial charge >= 0.3 is 0 Å². The maximum Gasteiger partial charge on any atom is 0.224 e. The average molecular weight is 502 g/mol. The number of halogens is 3. The first kappa shape index (κ1) is 13.1. The van der Waals surface area contributed by atoms with Gasteiger partial charge in [0.25, 0.3) is 0 Å². The summed E-state index contributed by atoms with van der Waals surface area (Å²) in [5.74, 6) is 0. The van der Waals surface area contributed by atoms with Gasteiger partial charge in [-0.15, -0.1) is 11.3 Å². The Labute approximate surface area is 140 Å². The second-order valence-electron chi connectivity index (χ2n) is 3.65. The molecule has 0 bridgehead atoms. The van der Waals surface area contributed by atoms with Gasteiger partial charge in [0, 0.05) is 28.2 Å². The third kappa shape index (κ3) is 2.39. The summed E-state index contributed by atoms with van der Waals surface area (Å²) < 4.78 is 0.487. The normalized spacial score (nSPS) is 11.6. The number of hydrogen-bond acceptors (Lipinski definition) is 3. The van der Waals surface area contributed by atoms with E-state index in [9.17, 15) is 0 Å². The molecule has 0 saturated carbocycles. The Hall–Kier alpha value is 0.0700. The molecule has 0 radical (unpaired) electrons. The summed E-state index contributed by atoms with van der Waals surface area (Å²) in [4.78, 5) is 12.6. The van der Waals surface area contributed by atoms with Gasteiger partial charge in [0.2, 0.25) is 5.28 Å². The largest absolute Gasteiger partial charge is 0.345 e. The van der Waals surface area contributed by atoms with E-state index in [0.717, 1.165) is 16.6 Å². The van der Waals surface area contributed by atoms with Crippen molar-refractivity contribution in [3.8, 4) is 10.4 Å². The van der Waals surface area contributed by atoms with Crippen LogP contribution >= 0.6 is 68.1 Å². The highest BCUT2D eigenvalue weighted by Gasteiger charge is 2.12. The molecule has 3 aromatic heterocycles. The van der Waals surface area contributed by atoms with Crippen molar-refractivity contribution in [1.82, 2.24) is 15.0 Å². The molecular formula is C11H6ClI2N3S. The minimum atomic E-state index is 0.266. The quantitative estimate of drug-likeness (QED) is 0.298. The summed E-state index contributed by atoms with van der Waals surface area (Å²) in [5, 5.41) is 3.46. The monoisotopic (exact) mass is 501 g/mol. The molecule has 3 aromatic rings. The van der Waals surface area contributed by atoms with Gasteiger partial charge < -0.3 is 4.98 Å². The summed E-state index contributed by atoms with van der Waals surface area (Å²) >= 11 is 12.3. The zero-order valence-corrected chi connectivity index (χ0v) is 14.7. The van der Waals surface area contributed by atoms with E-state index in [1.807, 2.05) is 6.20 Å². The summed E-state index contributed by atoms with van der Waals surface area (Å²) in [6, 6.07) is 2.21. The zero-order valence-electron chi connectivity index (χ0n) is 8.82. The number of aromatic amines is 1. The zero-order chi connectivity index (χ0) is 12.7. The van der Waals surface area contributed by atoms with Crippen LogP contribution in [0.15, 0.2) is 23.8 Å². The van der Waals surface area contributed by atoms with Gasteiger partial charge in [-0.1, -0.05) is 45.2 Å². The first-order chi connectivity index (χ1) is 8.65. The van der Waals surface area contributed by atoms with Crippen LogP contribution in [0.3, 0.4) is 0 Å². The Bertz CT molecular complexity index is 707. The molecular weight excluding hydrogens is 495 g/mol. The van der Waals surface area contributed by atoms with Gasteiger partial charge in [0.1, 0.15) is 5.65 Å². The molecule has 3 heterocycles. The van der Waals surface area contributed by atoms with Crippen LogP contribution in [0.2, 0.25) is 5.28 Å². The molecule has 0 atom stereocenters. The van der Waals surface area contributed by atoms with Crippen LogP contribution in [0.1, 0.15) is 7.49 Å². The van der Waals surface area contributed by atoms with Gasteiger partial charge in [-0.2, -0.15) is 4.98 Å². The van der Waals surface area contributed by atoms with Crippen LogP contribution in [0.25, 0.3) is 21.5 Å². The van der Waals surface area contributed by atoms with Crippen molar-refractivity contribution in [1.29, 1.82) is 0 Å². The molecule has 0 saturated heterocycles. The second kappa shape index (κ2) is 5.22. The third-order valence-electron chi connectivity index (χ3n) is 2.54. The van der Waals surface area contributed by atoms with Gasteiger partial charge in [-0.25, -0.2) is 4.98 Å². The number of nitrogens with one attached hydrogen (secondary N) is 1. The second-order valence-corrected chi connectivity index (χ2v) is 9.77. The Morgan fingerprint density at radius 2 is 2.22 bits per heavy atom. The topological polar surface area (TPSA) is 41.6 Å². The molecule has 18 heavy (non-hydrogen) atoms. The highest BCUT2D eigenvalue weighted by molar-refractivity contribution is 14.2. The molecule has 0 aliphatic heterocycles. The SMILES string of the molecule is Clc1ncc2c(-c3cc(C(I)I)cs3)c[nH]c2n1. The summed E-state index contributed by atoms with van der Waals surface area (Å²) in [6.07, 6.45) is 3.72. The van der Waals surface area contributed by atoms with Crippen molar-refractivity contribution >= 4 is 79.2 Å². The third-order valence-corrected chi connectivity index (χ3v) is 5.14. The minimum absolute atomic E-state index is 0.266. The van der Waals surface area contributed by atoms with Crippen molar-refractivity contribution in [2.24, 2.45) is 0 Å². The van der Waals surface area contributed by atoms with Crippen molar-refractivity contribution in [2.45, 2.75) is 1.93 Å². The van der Waals surface area contributed by atoms with Gasteiger partial charge in [0.15, 0.2) is 0 Å². The van der Waals surface area contributed by atoms with E-state index in [0.29, 0.717) is 1.93 Å². The number of H-pyrrole nitrogens is 1. The predicted molar refractivity (Wildman–Crippen MR) is 93.0 cm³/mol. The number of hydrogen-bond donors (Lipinski definition) is 1. The fraction of sp³-hybridized carbons (Fsp3) is 0.0909. The number of aromatic nitrogens is 3. The molecule has 0 aromatic carbocycles. The van der Waals surface area contributed by atoms with Crippen LogP contribution in [0, 0.1) is 0 Å². The smallest absolute Gasteiger partial charge is 0.224 e. The van der Waals surface area contributed by atoms with Crippen LogP contribution in [0.5, 0.6) is 0 Å². The molecule has 0 unspecified atom stereocenters. The van der Waals surface area contributed by atoms with Crippen molar-refractivity contribution in [2.75, 3.05) is 0 Å². The number of rotatable bonds is 2.